The van der Waals surface area contributed by atoms with Crippen LogP contribution in [0.2, 0.25) is 0 Å². The van der Waals surface area contributed by atoms with Crippen LogP contribution in [-0.2, 0) is 19.6 Å². The van der Waals surface area contributed by atoms with E-state index in [1.54, 1.807) is 0 Å². The largest absolute Gasteiger partial charge is 0.488 e. The fraction of sp³-hybridized carbons (Fsp3) is 0.182. The zero-order chi connectivity index (χ0) is 18.1. The molecule has 1 aliphatic heterocycles. The van der Waals surface area contributed by atoms with E-state index < -0.39 is 0 Å². The van der Waals surface area contributed by atoms with Gasteiger partial charge >= 0.3 is 0 Å². The average molecular weight is 356 g/mol. The Morgan fingerprint density at radius 1 is 0.963 bits per heavy atom. The highest BCUT2D eigenvalue weighted by Gasteiger charge is 2.18. The van der Waals surface area contributed by atoms with Crippen LogP contribution in [0.15, 0.2) is 60.7 Å². The molecule has 2 aromatic carbocycles. The number of hydrogen-bond donors (Lipinski definition) is 2. The third-order valence-corrected chi connectivity index (χ3v) is 5.01. The molecule has 0 spiro atoms. The Hall–Kier alpha value is -3.18. The van der Waals surface area contributed by atoms with Crippen molar-refractivity contribution in [2.45, 2.75) is 19.6 Å². The Labute approximate surface area is 157 Å². The Morgan fingerprint density at radius 3 is 2.74 bits per heavy atom. The number of aromatic amines is 1. The molecular formula is C22H20N4O. The second kappa shape index (κ2) is 6.85. The monoisotopic (exact) mass is 356 g/mol. The molecule has 134 valence electrons. The highest BCUT2D eigenvalue weighted by molar-refractivity contribution is 5.85. The lowest BCUT2D eigenvalue weighted by atomic mass is 10.0. The predicted octanol–water partition coefficient (Wildman–Crippen LogP) is 3.85. The molecular weight excluding hydrogens is 336 g/mol. The SMILES string of the molecule is c1ccc(COc2ccccc2-c2cc3c4c([nH]c3nn2)CCNC4)cc1. The van der Waals surface area contributed by atoms with Gasteiger partial charge in [0.2, 0.25) is 0 Å². The van der Waals surface area contributed by atoms with Gasteiger partial charge in [0.1, 0.15) is 12.4 Å². The molecule has 0 saturated heterocycles. The maximum atomic E-state index is 6.10. The van der Waals surface area contributed by atoms with Gasteiger partial charge in [-0.05, 0) is 29.3 Å². The van der Waals surface area contributed by atoms with Gasteiger partial charge in [-0.25, -0.2) is 0 Å². The van der Waals surface area contributed by atoms with Crippen LogP contribution in [0.5, 0.6) is 5.75 Å². The van der Waals surface area contributed by atoms with Gasteiger partial charge in [-0.3, -0.25) is 0 Å². The van der Waals surface area contributed by atoms with Gasteiger partial charge in [0.15, 0.2) is 5.65 Å². The molecule has 0 atom stereocenters. The third kappa shape index (κ3) is 3.06. The average Bonchev–Trinajstić information content (AvgIpc) is 3.11. The highest BCUT2D eigenvalue weighted by Crippen LogP contribution is 2.32. The quantitative estimate of drug-likeness (QED) is 0.583. The van der Waals surface area contributed by atoms with Crippen molar-refractivity contribution in [2.75, 3.05) is 6.54 Å². The minimum atomic E-state index is 0.525. The molecule has 0 unspecified atom stereocenters. The van der Waals surface area contributed by atoms with E-state index in [1.165, 1.54) is 11.3 Å². The minimum Gasteiger partial charge on any atom is -0.488 e. The van der Waals surface area contributed by atoms with Gasteiger partial charge in [-0.1, -0.05) is 42.5 Å². The normalized spacial score (nSPS) is 13.5. The zero-order valence-electron chi connectivity index (χ0n) is 14.9. The van der Waals surface area contributed by atoms with Gasteiger partial charge in [0.25, 0.3) is 0 Å². The Morgan fingerprint density at radius 2 is 1.81 bits per heavy atom. The van der Waals surface area contributed by atoms with Crippen molar-refractivity contribution in [3.8, 4) is 17.0 Å². The maximum absolute atomic E-state index is 6.10. The lowest BCUT2D eigenvalue weighted by molar-refractivity contribution is 0.307. The number of fused-ring (bicyclic) bond motifs is 3. The molecule has 4 aromatic rings. The van der Waals surface area contributed by atoms with Crippen molar-refractivity contribution in [2.24, 2.45) is 0 Å². The second-order valence-corrected chi connectivity index (χ2v) is 6.77. The summed E-state index contributed by atoms with van der Waals surface area (Å²) in [5.41, 5.74) is 6.36. The topological polar surface area (TPSA) is 62.8 Å². The van der Waals surface area contributed by atoms with Crippen molar-refractivity contribution in [3.63, 3.8) is 0 Å². The first-order chi connectivity index (χ1) is 13.4. The first-order valence-electron chi connectivity index (χ1n) is 9.22. The van der Waals surface area contributed by atoms with Crippen LogP contribution in [0.25, 0.3) is 22.3 Å². The molecule has 5 nitrogen and oxygen atoms in total. The molecule has 1 aliphatic rings. The van der Waals surface area contributed by atoms with Crippen molar-refractivity contribution >= 4 is 11.0 Å². The van der Waals surface area contributed by atoms with E-state index in [0.29, 0.717) is 6.61 Å². The van der Waals surface area contributed by atoms with Gasteiger partial charge in [-0.2, -0.15) is 0 Å². The van der Waals surface area contributed by atoms with Gasteiger partial charge in [-0.15, -0.1) is 10.2 Å². The number of nitrogens with one attached hydrogen (secondary N) is 2. The smallest absolute Gasteiger partial charge is 0.160 e. The fourth-order valence-electron chi connectivity index (χ4n) is 3.61. The Kier molecular flexibility index (Phi) is 4.07. The summed E-state index contributed by atoms with van der Waals surface area (Å²) in [5.74, 6) is 0.817. The van der Waals surface area contributed by atoms with Crippen molar-refractivity contribution in [1.29, 1.82) is 0 Å². The molecule has 0 fully saturated rings. The Bertz CT molecular complexity index is 1090. The zero-order valence-corrected chi connectivity index (χ0v) is 14.9. The molecule has 0 bridgehead atoms. The van der Waals surface area contributed by atoms with Crippen LogP contribution in [0.1, 0.15) is 16.8 Å². The van der Waals surface area contributed by atoms with E-state index in [-0.39, 0.29) is 0 Å². The van der Waals surface area contributed by atoms with E-state index in [9.17, 15) is 0 Å². The van der Waals surface area contributed by atoms with E-state index in [2.05, 4.69) is 38.7 Å². The first-order valence-corrected chi connectivity index (χ1v) is 9.22. The summed E-state index contributed by atoms with van der Waals surface area (Å²) >= 11 is 0. The highest BCUT2D eigenvalue weighted by atomic mass is 16.5. The molecule has 27 heavy (non-hydrogen) atoms. The van der Waals surface area contributed by atoms with Crippen LogP contribution >= 0.6 is 0 Å². The van der Waals surface area contributed by atoms with Crippen molar-refractivity contribution < 1.29 is 4.74 Å². The predicted molar refractivity (Wildman–Crippen MR) is 106 cm³/mol. The summed E-state index contributed by atoms with van der Waals surface area (Å²) in [6.45, 7) is 2.39. The van der Waals surface area contributed by atoms with Crippen molar-refractivity contribution in [1.82, 2.24) is 20.5 Å². The van der Waals surface area contributed by atoms with E-state index in [0.717, 1.165) is 53.1 Å². The molecule has 5 rings (SSSR count). The van der Waals surface area contributed by atoms with Gasteiger partial charge < -0.3 is 15.0 Å². The van der Waals surface area contributed by atoms with Gasteiger partial charge in [0.05, 0.1) is 5.69 Å². The number of benzene rings is 2. The summed E-state index contributed by atoms with van der Waals surface area (Å²) in [6, 6.07) is 20.3. The lowest BCUT2D eigenvalue weighted by Gasteiger charge is -2.13. The first kappa shape index (κ1) is 16.0. The lowest BCUT2D eigenvalue weighted by Crippen LogP contribution is -2.22. The number of hydrogen-bond acceptors (Lipinski definition) is 4. The van der Waals surface area contributed by atoms with Crippen molar-refractivity contribution in [3.05, 3.63) is 77.5 Å². The second-order valence-electron chi connectivity index (χ2n) is 6.77. The maximum Gasteiger partial charge on any atom is 0.160 e. The molecule has 0 radical (unpaired) electrons. The summed E-state index contributed by atoms with van der Waals surface area (Å²) in [4.78, 5) is 3.41. The van der Waals surface area contributed by atoms with E-state index in [1.807, 2.05) is 42.5 Å². The molecule has 0 amide bonds. The summed E-state index contributed by atoms with van der Waals surface area (Å²) in [5, 5.41) is 13.5. The molecule has 0 saturated carbocycles. The number of para-hydroxylation sites is 1. The molecule has 2 aromatic heterocycles. The van der Waals surface area contributed by atoms with Crippen LogP contribution in [0.3, 0.4) is 0 Å². The fourth-order valence-corrected chi connectivity index (χ4v) is 3.61. The van der Waals surface area contributed by atoms with E-state index >= 15 is 0 Å². The van der Waals surface area contributed by atoms with Crippen LogP contribution in [-0.4, -0.2) is 21.7 Å². The number of ether oxygens (including phenoxy) is 1. The third-order valence-electron chi connectivity index (χ3n) is 5.01. The molecule has 2 N–H and O–H groups in total. The summed E-state index contributed by atoms with van der Waals surface area (Å²) in [6.07, 6.45) is 0.998. The number of nitrogens with zero attached hydrogens (tertiary/aromatic N) is 2. The molecule has 0 aliphatic carbocycles. The van der Waals surface area contributed by atoms with Gasteiger partial charge in [0, 0.05) is 36.2 Å². The van der Waals surface area contributed by atoms with E-state index in [4.69, 9.17) is 4.74 Å². The Balaban J connectivity index is 1.51. The molecule has 5 heteroatoms. The summed E-state index contributed by atoms with van der Waals surface area (Å²) < 4.78 is 6.10. The minimum absolute atomic E-state index is 0.525. The van der Waals surface area contributed by atoms with Crippen LogP contribution < -0.4 is 10.1 Å². The number of H-pyrrole nitrogens is 1. The molecule has 3 heterocycles. The van der Waals surface area contributed by atoms with Crippen LogP contribution in [0.4, 0.5) is 0 Å². The van der Waals surface area contributed by atoms with Crippen LogP contribution in [0, 0.1) is 0 Å². The number of aromatic nitrogens is 3. The standard InChI is InChI=1S/C22H20N4O/c1-2-6-15(7-3-1)14-27-21-9-5-4-8-16(21)20-12-17-18-13-23-11-10-19(18)24-22(17)26-25-20/h1-9,12,23H,10-11,13-14H2,(H,24,26). The number of rotatable bonds is 4. The summed E-state index contributed by atoms with van der Waals surface area (Å²) in [7, 11) is 0.